The second-order valence-electron chi connectivity index (χ2n) is 3.22. The van der Waals surface area contributed by atoms with Crippen molar-refractivity contribution >= 4 is 11.9 Å². The molecule has 1 heterocycles. The van der Waals surface area contributed by atoms with Gasteiger partial charge in [0.05, 0.1) is 6.61 Å². The molecule has 6 nitrogen and oxygen atoms in total. The number of hydrogen-bond acceptors (Lipinski definition) is 6. The molecule has 1 N–H and O–H groups in total. The quantitative estimate of drug-likeness (QED) is 0.783. The van der Waals surface area contributed by atoms with E-state index in [1.54, 1.807) is 0 Å². The minimum absolute atomic E-state index is 0.365. The fourth-order valence-electron chi connectivity index (χ4n) is 1.09. The molecule has 0 aliphatic heterocycles. The molecule has 0 unspecified atom stereocenters. The molecule has 90 valence electrons. The Labute approximate surface area is 96.1 Å². The van der Waals surface area contributed by atoms with Crippen LogP contribution < -0.4 is 15.0 Å². The zero-order valence-electron chi connectivity index (χ0n) is 10.3. The van der Waals surface area contributed by atoms with Crippen LogP contribution in [0.5, 0.6) is 6.01 Å². The van der Waals surface area contributed by atoms with Crippen LogP contribution in [-0.4, -0.2) is 41.7 Å². The summed E-state index contributed by atoms with van der Waals surface area (Å²) >= 11 is 0. The fourth-order valence-corrected chi connectivity index (χ4v) is 1.09. The van der Waals surface area contributed by atoms with E-state index in [0.717, 1.165) is 13.1 Å². The number of anilines is 2. The minimum atomic E-state index is 0.365. The number of rotatable bonds is 6. The van der Waals surface area contributed by atoms with Gasteiger partial charge < -0.3 is 15.0 Å². The molecule has 0 fully saturated rings. The van der Waals surface area contributed by atoms with Crippen molar-refractivity contribution in [3.8, 4) is 6.01 Å². The smallest absolute Gasteiger partial charge is 0.323 e. The normalized spacial score (nSPS) is 10.0. The zero-order valence-corrected chi connectivity index (χ0v) is 10.3. The lowest BCUT2D eigenvalue weighted by Crippen LogP contribution is -2.20. The Bertz CT molecular complexity index is 307. The van der Waals surface area contributed by atoms with Crippen LogP contribution in [0.2, 0.25) is 0 Å². The number of nitrogens with zero attached hydrogens (tertiary/aromatic N) is 4. The van der Waals surface area contributed by atoms with E-state index >= 15 is 0 Å². The summed E-state index contributed by atoms with van der Waals surface area (Å²) in [6.45, 7) is 8.08. The Hall–Kier alpha value is -1.59. The summed E-state index contributed by atoms with van der Waals surface area (Å²) in [6.07, 6.45) is 0. The summed E-state index contributed by atoms with van der Waals surface area (Å²) in [5, 5.41) is 3.06. The molecule has 0 aromatic carbocycles. The first-order chi connectivity index (χ1) is 7.71. The highest BCUT2D eigenvalue weighted by molar-refractivity contribution is 5.37. The third kappa shape index (κ3) is 3.22. The molecule has 6 heteroatoms. The minimum Gasteiger partial charge on any atom is -0.464 e. The standard InChI is InChI=1S/C10H19N5O/c1-5-11-8-12-9(15(4)6-2)14-10(13-8)16-7-3/h5-7H2,1-4H3,(H,11,12,13,14). The first-order valence-corrected chi connectivity index (χ1v) is 5.55. The highest BCUT2D eigenvalue weighted by Gasteiger charge is 2.09. The Balaban J connectivity index is 2.97. The SMILES string of the molecule is CCNc1nc(OCC)nc(N(C)CC)n1. The Morgan fingerprint density at radius 1 is 1.19 bits per heavy atom. The lowest BCUT2D eigenvalue weighted by atomic mass is 10.6. The van der Waals surface area contributed by atoms with E-state index in [4.69, 9.17) is 4.74 Å². The van der Waals surface area contributed by atoms with Crippen LogP contribution in [-0.2, 0) is 0 Å². The van der Waals surface area contributed by atoms with Gasteiger partial charge in [0.25, 0.3) is 0 Å². The van der Waals surface area contributed by atoms with Crippen molar-refractivity contribution in [1.29, 1.82) is 0 Å². The topological polar surface area (TPSA) is 63.2 Å². The summed E-state index contributed by atoms with van der Waals surface area (Å²) in [5.74, 6) is 1.17. The van der Waals surface area contributed by atoms with Gasteiger partial charge in [-0.1, -0.05) is 0 Å². The molecule has 0 spiro atoms. The molecule has 0 aliphatic rings. The number of aromatic nitrogens is 3. The van der Waals surface area contributed by atoms with Gasteiger partial charge in [-0.15, -0.1) is 0 Å². The van der Waals surface area contributed by atoms with Crippen LogP contribution in [0.3, 0.4) is 0 Å². The molecule has 0 radical (unpaired) electrons. The highest BCUT2D eigenvalue weighted by Crippen LogP contribution is 2.13. The molecule has 0 amide bonds. The largest absolute Gasteiger partial charge is 0.464 e. The van der Waals surface area contributed by atoms with Gasteiger partial charge in [-0.25, -0.2) is 0 Å². The molecule has 0 atom stereocenters. The number of ether oxygens (including phenoxy) is 1. The highest BCUT2D eigenvalue weighted by atomic mass is 16.5. The van der Waals surface area contributed by atoms with E-state index in [-0.39, 0.29) is 0 Å². The number of hydrogen-bond donors (Lipinski definition) is 1. The zero-order chi connectivity index (χ0) is 12.0. The molecule has 1 rings (SSSR count). The van der Waals surface area contributed by atoms with E-state index < -0.39 is 0 Å². The van der Waals surface area contributed by atoms with Crippen LogP contribution in [0, 0.1) is 0 Å². The molecule has 0 aliphatic carbocycles. The summed E-state index contributed by atoms with van der Waals surface area (Å²) < 4.78 is 5.30. The third-order valence-corrected chi connectivity index (χ3v) is 2.03. The molecule has 1 aromatic heterocycles. The molecular formula is C10H19N5O. The average Bonchev–Trinajstić information content (AvgIpc) is 2.28. The van der Waals surface area contributed by atoms with Gasteiger partial charge in [0.1, 0.15) is 0 Å². The summed E-state index contributed by atoms with van der Waals surface area (Å²) in [6, 6.07) is 0.365. The van der Waals surface area contributed by atoms with Crippen LogP contribution >= 0.6 is 0 Å². The van der Waals surface area contributed by atoms with Gasteiger partial charge in [-0.3, -0.25) is 0 Å². The van der Waals surface area contributed by atoms with Gasteiger partial charge in [-0.05, 0) is 20.8 Å². The van der Waals surface area contributed by atoms with Crippen molar-refractivity contribution in [3.05, 3.63) is 0 Å². The Kier molecular flexibility index (Phi) is 4.75. The lowest BCUT2D eigenvalue weighted by Gasteiger charge is -2.15. The van der Waals surface area contributed by atoms with E-state index in [9.17, 15) is 0 Å². The third-order valence-electron chi connectivity index (χ3n) is 2.03. The maximum atomic E-state index is 5.30. The second-order valence-corrected chi connectivity index (χ2v) is 3.22. The Morgan fingerprint density at radius 2 is 1.94 bits per heavy atom. The van der Waals surface area contributed by atoms with E-state index in [1.165, 1.54) is 0 Å². The fraction of sp³-hybridized carbons (Fsp3) is 0.700. The predicted octanol–water partition coefficient (Wildman–Crippen LogP) is 1.16. The van der Waals surface area contributed by atoms with E-state index in [0.29, 0.717) is 24.5 Å². The number of nitrogens with one attached hydrogen (secondary N) is 1. The van der Waals surface area contributed by atoms with E-state index in [1.807, 2.05) is 32.7 Å². The maximum absolute atomic E-state index is 5.30. The van der Waals surface area contributed by atoms with Gasteiger partial charge in [0, 0.05) is 20.1 Å². The monoisotopic (exact) mass is 225 g/mol. The second kappa shape index (κ2) is 6.09. The van der Waals surface area contributed by atoms with Crippen molar-refractivity contribution in [1.82, 2.24) is 15.0 Å². The summed E-state index contributed by atoms with van der Waals surface area (Å²) in [4.78, 5) is 14.6. The predicted molar refractivity (Wildman–Crippen MR) is 64.1 cm³/mol. The first kappa shape index (κ1) is 12.5. The van der Waals surface area contributed by atoms with Gasteiger partial charge in [-0.2, -0.15) is 15.0 Å². The van der Waals surface area contributed by atoms with Crippen molar-refractivity contribution in [2.24, 2.45) is 0 Å². The maximum Gasteiger partial charge on any atom is 0.323 e. The van der Waals surface area contributed by atoms with E-state index in [2.05, 4.69) is 20.3 Å². The molecule has 16 heavy (non-hydrogen) atoms. The van der Waals surface area contributed by atoms with Crippen molar-refractivity contribution in [2.75, 3.05) is 37.0 Å². The Morgan fingerprint density at radius 3 is 2.50 bits per heavy atom. The van der Waals surface area contributed by atoms with Crippen molar-refractivity contribution < 1.29 is 4.74 Å². The van der Waals surface area contributed by atoms with Gasteiger partial charge in [0.2, 0.25) is 11.9 Å². The lowest BCUT2D eigenvalue weighted by molar-refractivity contribution is 0.312. The van der Waals surface area contributed by atoms with Crippen LogP contribution in [0.15, 0.2) is 0 Å². The molecule has 1 aromatic rings. The summed E-state index contributed by atoms with van der Waals surface area (Å²) in [5.41, 5.74) is 0. The van der Waals surface area contributed by atoms with Crippen molar-refractivity contribution in [3.63, 3.8) is 0 Å². The summed E-state index contributed by atoms with van der Waals surface area (Å²) in [7, 11) is 1.93. The average molecular weight is 225 g/mol. The first-order valence-electron chi connectivity index (χ1n) is 5.55. The van der Waals surface area contributed by atoms with Crippen molar-refractivity contribution in [2.45, 2.75) is 20.8 Å². The van der Waals surface area contributed by atoms with Gasteiger partial charge in [0.15, 0.2) is 0 Å². The molecular weight excluding hydrogens is 206 g/mol. The van der Waals surface area contributed by atoms with Crippen LogP contribution in [0.4, 0.5) is 11.9 Å². The van der Waals surface area contributed by atoms with Crippen LogP contribution in [0.1, 0.15) is 20.8 Å². The molecule has 0 saturated heterocycles. The van der Waals surface area contributed by atoms with Crippen LogP contribution in [0.25, 0.3) is 0 Å². The van der Waals surface area contributed by atoms with Gasteiger partial charge >= 0.3 is 6.01 Å². The molecule has 0 bridgehead atoms. The molecule has 0 saturated carbocycles.